The van der Waals surface area contributed by atoms with Crippen LogP contribution < -0.4 is 0 Å². The fourth-order valence-corrected chi connectivity index (χ4v) is 3.69. The molecule has 3 rings (SSSR count). The summed E-state index contributed by atoms with van der Waals surface area (Å²) in [6, 6.07) is 0. The van der Waals surface area contributed by atoms with Crippen LogP contribution in [0.3, 0.4) is 0 Å². The summed E-state index contributed by atoms with van der Waals surface area (Å²) < 4.78 is 32.4. The molecule has 1 saturated carbocycles. The Balaban J connectivity index is 1.74. The van der Waals surface area contributed by atoms with Gasteiger partial charge in [-0.05, 0) is 25.7 Å². The summed E-state index contributed by atoms with van der Waals surface area (Å²) in [7, 11) is -0.249. The van der Waals surface area contributed by atoms with Gasteiger partial charge in [-0.25, -0.2) is 0 Å². The minimum Gasteiger partial charge on any atom is -0.339 e. The topological polar surface area (TPSA) is 79.5 Å². The maximum Gasteiger partial charge on any atom is 0.281 e. The molecular formula is C12H20N4O3S. The molecule has 1 aromatic heterocycles. The van der Waals surface area contributed by atoms with Gasteiger partial charge in [-0.3, -0.25) is 0 Å². The van der Waals surface area contributed by atoms with Gasteiger partial charge < -0.3 is 4.52 Å². The van der Waals surface area contributed by atoms with Crippen molar-refractivity contribution in [2.45, 2.75) is 37.5 Å². The highest BCUT2D eigenvalue weighted by molar-refractivity contribution is 7.86. The van der Waals surface area contributed by atoms with E-state index < -0.39 is 10.2 Å². The molecule has 0 N–H and O–H groups in total. The first-order valence-electron chi connectivity index (χ1n) is 6.99. The number of rotatable bonds is 4. The van der Waals surface area contributed by atoms with E-state index in [4.69, 9.17) is 4.52 Å². The van der Waals surface area contributed by atoms with Crippen molar-refractivity contribution in [1.82, 2.24) is 18.8 Å². The summed E-state index contributed by atoms with van der Waals surface area (Å²) in [4.78, 5) is 4.44. The second kappa shape index (κ2) is 5.09. The molecule has 0 unspecified atom stereocenters. The zero-order valence-electron chi connectivity index (χ0n) is 11.8. The lowest BCUT2D eigenvalue weighted by Crippen LogP contribution is -2.45. The Hall–Kier alpha value is -0.990. The molecule has 2 aliphatic rings. The summed E-state index contributed by atoms with van der Waals surface area (Å²) in [6.45, 7) is 0.995. The van der Waals surface area contributed by atoms with Crippen molar-refractivity contribution in [3.8, 4) is 0 Å². The summed E-state index contributed by atoms with van der Waals surface area (Å²) in [6.07, 6.45) is 3.97. The lowest BCUT2D eigenvalue weighted by atomic mass is 9.99. The lowest BCUT2D eigenvalue weighted by molar-refractivity contribution is 0.287. The third kappa shape index (κ3) is 2.59. The van der Waals surface area contributed by atoms with E-state index in [1.54, 1.807) is 14.1 Å². The van der Waals surface area contributed by atoms with E-state index in [9.17, 15) is 8.42 Å². The number of piperidine rings is 1. The van der Waals surface area contributed by atoms with Gasteiger partial charge in [0.25, 0.3) is 10.2 Å². The van der Waals surface area contributed by atoms with Crippen LogP contribution in [0.1, 0.15) is 49.2 Å². The van der Waals surface area contributed by atoms with Gasteiger partial charge in [0, 0.05) is 39.0 Å². The Morgan fingerprint density at radius 3 is 2.65 bits per heavy atom. The first kappa shape index (κ1) is 14.0. The van der Waals surface area contributed by atoms with Crippen molar-refractivity contribution < 1.29 is 12.9 Å². The van der Waals surface area contributed by atoms with Crippen LogP contribution in [-0.4, -0.2) is 54.4 Å². The normalized spacial score (nSPS) is 25.2. The van der Waals surface area contributed by atoms with Gasteiger partial charge in [0.15, 0.2) is 5.82 Å². The highest BCUT2D eigenvalue weighted by atomic mass is 32.2. The van der Waals surface area contributed by atoms with Crippen molar-refractivity contribution in [1.29, 1.82) is 0 Å². The van der Waals surface area contributed by atoms with Gasteiger partial charge in [0.2, 0.25) is 5.89 Å². The molecule has 1 aromatic rings. The van der Waals surface area contributed by atoms with E-state index in [2.05, 4.69) is 10.1 Å². The molecule has 8 heteroatoms. The van der Waals surface area contributed by atoms with E-state index in [-0.39, 0.29) is 5.92 Å². The number of nitrogens with zero attached hydrogens (tertiary/aromatic N) is 4. The van der Waals surface area contributed by atoms with Gasteiger partial charge >= 0.3 is 0 Å². The molecule has 0 bridgehead atoms. The number of aromatic nitrogens is 2. The van der Waals surface area contributed by atoms with Crippen LogP contribution in [0.2, 0.25) is 0 Å². The maximum absolute atomic E-state index is 12.2. The average molecular weight is 300 g/mol. The van der Waals surface area contributed by atoms with Gasteiger partial charge in [-0.1, -0.05) is 5.16 Å². The summed E-state index contributed by atoms with van der Waals surface area (Å²) in [5.41, 5.74) is 0. The Bertz CT molecular complexity index is 579. The van der Waals surface area contributed by atoms with Crippen LogP contribution in [0.15, 0.2) is 4.52 Å². The van der Waals surface area contributed by atoms with Crippen LogP contribution in [-0.2, 0) is 10.2 Å². The predicted molar refractivity (Wildman–Crippen MR) is 72.4 cm³/mol. The van der Waals surface area contributed by atoms with Gasteiger partial charge in [0.05, 0.1) is 0 Å². The largest absolute Gasteiger partial charge is 0.339 e. The van der Waals surface area contributed by atoms with Crippen molar-refractivity contribution in [2.24, 2.45) is 0 Å². The van der Waals surface area contributed by atoms with Crippen molar-refractivity contribution in [2.75, 3.05) is 27.2 Å². The molecule has 1 atom stereocenters. The van der Waals surface area contributed by atoms with Crippen LogP contribution in [0.5, 0.6) is 0 Å². The number of hydrogen-bond acceptors (Lipinski definition) is 5. The highest BCUT2D eigenvalue weighted by Gasteiger charge is 2.35. The highest BCUT2D eigenvalue weighted by Crippen LogP contribution is 2.39. The van der Waals surface area contributed by atoms with E-state index in [0.717, 1.165) is 25.7 Å². The van der Waals surface area contributed by atoms with E-state index >= 15 is 0 Å². The third-order valence-electron chi connectivity index (χ3n) is 3.92. The summed E-state index contributed by atoms with van der Waals surface area (Å²) in [5.74, 6) is 1.84. The first-order chi connectivity index (χ1) is 9.48. The molecule has 2 fully saturated rings. The molecular weight excluding hydrogens is 280 g/mol. The van der Waals surface area contributed by atoms with Crippen LogP contribution in [0, 0.1) is 0 Å². The fourth-order valence-electron chi connectivity index (χ4n) is 2.50. The quantitative estimate of drug-likeness (QED) is 0.826. The monoisotopic (exact) mass is 300 g/mol. The lowest BCUT2D eigenvalue weighted by Gasteiger charge is -2.32. The van der Waals surface area contributed by atoms with Crippen molar-refractivity contribution >= 4 is 10.2 Å². The van der Waals surface area contributed by atoms with Crippen LogP contribution >= 0.6 is 0 Å². The summed E-state index contributed by atoms with van der Waals surface area (Å²) in [5, 5.41) is 4.04. The maximum atomic E-state index is 12.2. The van der Waals surface area contributed by atoms with Crippen molar-refractivity contribution in [3.63, 3.8) is 0 Å². The van der Waals surface area contributed by atoms with E-state index in [0.29, 0.717) is 30.7 Å². The zero-order chi connectivity index (χ0) is 14.3. The smallest absolute Gasteiger partial charge is 0.281 e. The standard InChI is InChI=1S/C12H20N4O3S/c1-15(2)20(17,18)16-7-3-4-10(8-16)11-13-12(19-14-11)9-5-6-9/h9-10H,3-8H2,1-2H3/t10-/m0/s1. The van der Waals surface area contributed by atoms with Gasteiger partial charge in [-0.2, -0.15) is 22.0 Å². The molecule has 0 radical (unpaired) electrons. The van der Waals surface area contributed by atoms with E-state index in [1.807, 2.05) is 0 Å². The fraction of sp³-hybridized carbons (Fsp3) is 0.833. The summed E-state index contributed by atoms with van der Waals surface area (Å²) >= 11 is 0. The SMILES string of the molecule is CN(C)S(=O)(=O)N1CCC[C@H](c2noc(C3CC3)n2)C1. The van der Waals surface area contributed by atoms with Gasteiger partial charge in [0.1, 0.15) is 0 Å². The molecule has 2 heterocycles. The molecule has 0 spiro atoms. The average Bonchev–Trinajstić information content (AvgIpc) is 3.16. The molecule has 7 nitrogen and oxygen atoms in total. The zero-order valence-corrected chi connectivity index (χ0v) is 12.6. The molecule has 20 heavy (non-hydrogen) atoms. The Kier molecular flexibility index (Phi) is 3.55. The minimum atomic E-state index is -3.36. The minimum absolute atomic E-state index is 0.0368. The molecule has 1 aliphatic heterocycles. The molecule has 1 aliphatic carbocycles. The third-order valence-corrected chi connectivity index (χ3v) is 5.83. The van der Waals surface area contributed by atoms with Crippen molar-refractivity contribution in [3.05, 3.63) is 11.7 Å². The first-order valence-corrected chi connectivity index (χ1v) is 8.39. The second-order valence-corrected chi connectivity index (χ2v) is 7.89. The Morgan fingerprint density at radius 2 is 2.00 bits per heavy atom. The molecule has 112 valence electrons. The second-order valence-electron chi connectivity index (χ2n) is 5.75. The molecule has 0 aromatic carbocycles. The Morgan fingerprint density at radius 1 is 1.25 bits per heavy atom. The van der Waals surface area contributed by atoms with Crippen LogP contribution in [0.4, 0.5) is 0 Å². The van der Waals surface area contributed by atoms with E-state index in [1.165, 1.54) is 8.61 Å². The Labute approximate surface area is 119 Å². The van der Waals surface area contributed by atoms with Gasteiger partial charge in [-0.15, -0.1) is 0 Å². The number of hydrogen-bond donors (Lipinski definition) is 0. The predicted octanol–water partition coefficient (Wildman–Crippen LogP) is 0.933. The molecule has 0 amide bonds. The molecule has 1 saturated heterocycles. The van der Waals surface area contributed by atoms with Crippen LogP contribution in [0.25, 0.3) is 0 Å².